The number of hydrogen-bond donors (Lipinski definition) is 0. The van der Waals surface area contributed by atoms with E-state index in [1.165, 1.54) is 13.2 Å². The van der Waals surface area contributed by atoms with E-state index in [0.717, 1.165) is 50.0 Å². The fourth-order valence-corrected chi connectivity index (χ4v) is 4.55. The van der Waals surface area contributed by atoms with Crippen molar-refractivity contribution < 1.29 is 13.9 Å². The first-order valence-corrected chi connectivity index (χ1v) is 9.83. The SMILES string of the molecule is COc1ccc(CN2CCC3(CCCN(Cc4cccnc4)C3=O)C2)cc1F. The quantitative estimate of drug-likeness (QED) is 0.795. The normalized spacial score (nSPS) is 22.8. The van der Waals surface area contributed by atoms with E-state index in [1.807, 2.05) is 29.3 Å². The molecule has 28 heavy (non-hydrogen) atoms. The lowest BCUT2D eigenvalue weighted by Crippen LogP contribution is -2.49. The van der Waals surface area contributed by atoms with Gasteiger partial charge in [0, 0.05) is 38.6 Å². The molecule has 2 aliphatic rings. The zero-order valence-electron chi connectivity index (χ0n) is 16.2. The number of nitrogens with zero attached hydrogens (tertiary/aromatic N) is 3. The lowest BCUT2D eigenvalue weighted by molar-refractivity contribution is -0.146. The number of piperidine rings is 1. The van der Waals surface area contributed by atoms with E-state index in [9.17, 15) is 9.18 Å². The molecule has 1 unspecified atom stereocenters. The lowest BCUT2D eigenvalue weighted by Gasteiger charge is -2.39. The van der Waals surface area contributed by atoms with Gasteiger partial charge in [0.2, 0.25) is 5.91 Å². The van der Waals surface area contributed by atoms with Crippen molar-refractivity contribution in [3.05, 3.63) is 59.7 Å². The smallest absolute Gasteiger partial charge is 0.230 e. The average Bonchev–Trinajstić information content (AvgIpc) is 3.10. The van der Waals surface area contributed by atoms with Crippen LogP contribution in [0.1, 0.15) is 30.4 Å². The molecule has 4 rings (SSSR count). The molecule has 148 valence electrons. The van der Waals surface area contributed by atoms with Gasteiger partial charge in [-0.3, -0.25) is 14.7 Å². The van der Waals surface area contributed by atoms with E-state index in [4.69, 9.17) is 4.74 Å². The average molecular weight is 383 g/mol. The molecule has 3 heterocycles. The number of halogens is 1. The van der Waals surface area contributed by atoms with Crippen molar-refractivity contribution in [3.63, 3.8) is 0 Å². The van der Waals surface area contributed by atoms with Crippen LogP contribution in [0.25, 0.3) is 0 Å². The van der Waals surface area contributed by atoms with Gasteiger partial charge in [0.05, 0.1) is 12.5 Å². The van der Waals surface area contributed by atoms with Gasteiger partial charge in [-0.25, -0.2) is 4.39 Å². The van der Waals surface area contributed by atoms with E-state index < -0.39 is 0 Å². The van der Waals surface area contributed by atoms with Crippen LogP contribution in [-0.2, 0) is 17.9 Å². The molecule has 2 fully saturated rings. The van der Waals surface area contributed by atoms with Gasteiger partial charge in [0.25, 0.3) is 0 Å². The maximum atomic E-state index is 14.0. The van der Waals surface area contributed by atoms with Crippen LogP contribution in [-0.4, -0.2) is 47.4 Å². The number of amides is 1. The minimum absolute atomic E-state index is 0.256. The minimum Gasteiger partial charge on any atom is -0.494 e. The Hall–Kier alpha value is -2.47. The number of hydrogen-bond acceptors (Lipinski definition) is 4. The van der Waals surface area contributed by atoms with Crippen molar-refractivity contribution in [1.82, 2.24) is 14.8 Å². The van der Waals surface area contributed by atoms with E-state index in [2.05, 4.69) is 9.88 Å². The van der Waals surface area contributed by atoms with Gasteiger partial charge >= 0.3 is 0 Å². The number of ether oxygens (including phenoxy) is 1. The molecule has 1 aromatic heterocycles. The Morgan fingerprint density at radius 3 is 2.82 bits per heavy atom. The molecule has 5 nitrogen and oxygen atoms in total. The molecule has 0 aliphatic carbocycles. The van der Waals surface area contributed by atoms with E-state index >= 15 is 0 Å². The molecule has 2 aromatic rings. The standard InChI is InChI=1S/C22H26FN3O2/c1-28-20-6-5-17(12-19(20)23)14-25-11-8-22(16-25)7-3-10-26(21(22)27)15-18-4-2-9-24-13-18/h2,4-6,9,12-13H,3,7-8,10-11,14-16H2,1H3. The summed E-state index contributed by atoms with van der Waals surface area (Å²) in [5.41, 5.74) is 1.67. The van der Waals surface area contributed by atoms with Crippen molar-refractivity contribution in [2.45, 2.75) is 32.4 Å². The van der Waals surface area contributed by atoms with Crippen LogP contribution in [0.2, 0.25) is 0 Å². The number of methoxy groups -OCH3 is 1. The third-order valence-electron chi connectivity index (χ3n) is 5.98. The molecule has 0 radical (unpaired) electrons. The van der Waals surface area contributed by atoms with Gasteiger partial charge in [0.15, 0.2) is 11.6 Å². The molecule has 1 amide bonds. The van der Waals surface area contributed by atoms with Crippen LogP contribution in [0.15, 0.2) is 42.7 Å². The van der Waals surface area contributed by atoms with Crippen LogP contribution >= 0.6 is 0 Å². The second-order valence-electron chi connectivity index (χ2n) is 7.90. The largest absolute Gasteiger partial charge is 0.494 e. The Kier molecular flexibility index (Phi) is 5.31. The fraction of sp³-hybridized carbons (Fsp3) is 0.455. The maximum absolute atomic E-state index is 14.0. The van der Waals surface area contributed by atoms with E-state index in [0.29, 0.717) is 13.1 Å². The maximum Gasteiger partial charge on any atom is 0.230 e. The predicted octanol–water partition coefficient (Wildman–Crippen LogP) is 3.24. The fourth-order valence-electron chi connectivity index (χ4n) is 4.55. The van der Waals surface area contributed by atoms with Crippen LogP contribution in [0.3, 0.4) is 0 Å². The highest BCUT2D eigenvalue weighted by Crippen LogP contribution is 2.41. The minimum atomic E-state index is -0.342. The third-order valence-corrected chi connectivity index (χ3v) is 5.98. The zero-order chi connectivity index (χ0) is 19.6. The van der Waals surface area contributed by atoms with Gasteiger partial charge in [-0.15, -0.1) is 0 Å². The van der Waals surface area contributed by atoms with Crippen molar-refractivity contribution in [1.29, 1.82) is 0 Å². The molecule has 1 spiro atoms. The monoisotopic (exact) mass is 383 g/mol. The van der Waals surface area contributed by atoms with Crippen LogP contribution < -0.4 is 4.74 Å². The first-order valence-electron chi connectivity index (χ1n) is 9.83. The number of carbonyl (C=O) groups excluding carboxylic acids is 1. The first kappa shape index (κ1) is 18.9. The van der Waals surface area contributed by atoms with Gasteiger partial charge in [-0.2, -0.15) is 0 Å². The molecular weight excluding hydrogens is 357 g/mol. The molecular formula is C22H26FN3O2. The lowest BCUT2D eigenvalue weighted by atomic mass is 9.78. The summed E-state index contributed by atoms with van der Waals surface area (Å²) in [6.07, 6.45) is 6.40. The van der Waals surface area contributed by atoms with Crippen LogP contribution in [0.5, 0.6) is 5.75 Å². The Balaban J connectivity index is 1.42. The van der Waals surface area contributed by atoms with E-state index in [1.54, 1.807) is 12.3 Å². The molecule has 6 heteroatoms. The second kappa shape index (κ2) is 7.87. The molecule has 1 atom stereocenters. The molecule has 1 aromatic carbocycles. The summed E-state index contributed by atoms with van der Waals surface area (Å²) in [5.74, 6) is 0.173. The van der Waals surface area contributed by atoms with Crippen molar-refractivity contribution >= 4 is 5.91 Å². The Labute approximate surface area is 165 Å². The molecule has 0 saturated carbocycles. The predicted molar refractivity (Wildman–Crippen MR) is 104 cm³/mol. The summed E-state index contributed by atoms with van der Waals surface area (Å²) in [6.45, 7) is 3.68. The Morgan fingerprint density at radius 2 is 2.07 bits per heavy atom. The van der Waals surface area contributed by atoms with Crippen molar-refractivity contribution in [3.8, 4) is 5.75 Å². The number of aromatic nitrogens is 1. The number of likely N-dealkylation sites (tertiary alicyclic amines) is 2. The van der Waals surface area contributed by atoms with Crippen LogP contribution in [0, 0.1) is 11.2 Å². The highest BCUT2D eigenvalue weighted by Gasteiger charge is 2.48. The molecule has 2 aliphatic heterocycles. The topological polar surface area (TPSA) is 45.7 Å². The summed E-state index contributed by atoms with van der Waals surface area (Å²) < 4.78 is 19.0. The summed E-state index contributed by atoms with van der Waals surface area (Å²) >= 11 is 0. The number of rotatable bonds is 5. The van der Waals surface area contributed by atoms with Crippen molar-refractivity contribution in [2.24, 2.45) is 5.41 Å². The van der Waals surface area contributed by atoms with Gasteiger partial charge in [0.1, 0.15) is 0 Å². The first-order chi connectivity index (χ1) is 13.6. The van der Waals surface area contributed by atoms with Crippen molar-refractivity contribution in [2.75, 3.05) is 26.7 Å². The molecule has 0 bridgehead atoms. The Morgan fingerprint density at radius 1 is 1.18 bits per heavy atom. The summed E-state index contributed by atoms with van der Waals surface area (Å²) in [7, 11) is 1.47. The zero-order valence-corrected chi connectivity index (χ0v) is 16.2. The summed E-state index contributed by atoms with van der Waals surface area (Å²) in [5, 5.41) is 0. The number of benzene rings is 1. The number of carbonyl (C=O) groups is 1. The molecule has 0 N–H and O–H groups in total. The van der Waals surface area contributed by atoms with Gasteiger partial charge < -0.3 is 9.64 Å². The number of pyridine rings is 1. The summed E-state index contributed by atoms with van der Waals surface area (Å²) in [6, 6.07) is 9.01. The highest BCUT2D eigenvalue weighted by molar-refractivity contribution is 5.84. The Bertz CT molecular complexity index is 845. The summed E-state index contributed by atoms with van der Waals surface area (Å²) in [4.78, 5) is 21.7. The third kappa shape index (κ3) is 3.74. The van der Waals surface area contributed by atoms with Gasteiger partial charge in [-0.1, -0.05) is 12.1 Å². The van der Waals surface area contributed by atoms with Crippen LogP contribution in [0.4, 0.5) is 4.39 Å². The molecule has 2 saturated heterocycles. The van der Waals surface area contributed by atoms with E-state index in [-0.39, 0.29) is 22.9 Å². The second-order valence-corrected chi connectivity index (χ2v) is 7.90. The highest BCUT2D eigenvalue weighted by atomic mass is 19.1. The van der Waals surface area contributed by atoms with Gasteiger partial charge in [-0.05, 0) is 55.1 Å².